The van der Waals surface area contributed by atoms with Crippen LogP contribution in [0, 0.1) is 0 Å². The van der Waals surface area contributed by atoms with Crippen LogP contribution in [0.3, 0.4) is 0 Å². The maximum atomic E-state index is 13.4. The van der Waals surface area contributed by atoms with Crippen molar-refractivity contribution in [2.75, 3.05) is 0 Å². The van der Waals surface area contributed by atoms with Crippen molar-refractivity contribution in [3.05, 3.63) is 101 Å². The number of hydrogen-bond donors (Lipinski definition) is 0. The molecule has 0 fully saturated rings. The van der Waals surface area contributed by atoms with Gasteiger partial charge >= 0.3 is 5.97 Å². The Morgan fingerprint density at radius 3 is 2.19 bits per heavy atom. The highest BCUT2D eigenvalue weighted by molar-refractivity contribution is 5.97. The van der Waals surface area contributed by atoms with Gasteiger partial charge in [-0.3, -0.25) is 4.79 Å². The molecule has 1 aliphatic heterocycles. The number of fused-ring (bicyclic) bond motifs is 1. The molecule has 1 heterocycles. The number of esters is 1. The first kappa shape index (κ1) is 26.2. The van der Waals surface area contributed by atoms with Crippen LogP contribution in [0.2, 0.25) is 0 Å². The number of benzene rings is 3. The van der Waals surface area contributed by atoms with Gasteiger partial charge < -0.3 is 14.2 Å². The molecular weight excluding hydrogens is 464 g/mol. The molecular formula is C32H34O5. The molecule has 0 radical (unpaired) electrons. The number of cyclic esters (lactones) is 1. The number of Topliss-reactive ketones (excluding diaryl/α,β-unsaturated/α-hetero) is 1. The van der Waals surface area contributed by atoms with Gasteiger partial charge in [0.05, 0.1) is 6.10 Å². The van der Waals surface area contributed by atoms with Crippen LogP contribution in [0.15, 0.2) is 78.9 Å². The van der Waals surface area contributed by atoms with Gasteiger partial charge in [-0.1, -0.05) is 72.8 Å². The Morgan fingerprint density at radius 2 is 1.49 bits per heavy atom. The lowest BCUT2D eigenvalue weighted by Crippen LogP contribution is -2.18. The molecule has 37 heavy (non-hydrogen) atoms. The number of carbonyl (C=O) groups is 2. The summed E-state index contributed by atoms with van der Waals surface area (Å²) in [5.41, 5.74) is 3.10. The van der Waals surface area contributed by atoms with E-state index in [9.17, 15) is 9.59 Å². The number of rotatable bonds is 6. The van der Waals surface area contributed by atoms with Crippen LogP contribution < -0.4 is 9.47 Å². The third kappa shape index (κ3) is 8.07. The molecule has 1 unspecified atom stereocenters. The molecule has 1 atom stereocenters. The average Bonchev–Trinajstić information content (AvgIpc) is 2.91. The first-order chi connectivity index (χ1) is 18.1. The van der Waals surface area contributed by atoms with Crippen LogP contribution >= 0.6 is 0 Å². The van der Waals surface area contributed by atoms with Crippen molar-refractivity contribution >= 4 is 17.8 Å². The summed E-state index contributed by atoms with van der Waals surface area (Å²) in [6.07, 6.45) is 7.56. The number of hydrogen-bond acceptors (Lipinski definition) is 5. The summed E-state index contributed by atoms with van der Waals surface area (Å²) in [7, 11) is 0. The Kier molecular flexibility index (Phi) is 9.53. The number of ketones is 1. The van der Waals surface area contributed by atoms with Gasteiger partial charge in [0.1, 0.15) is 36.1 Å². The van der Waals surface area contributed by atoms with Crippen LogP contribution in [0.5, 0.6) is 11.5 Å². The lowest BCUT2D eigenvalue weighted by molar-refractivity contribution is -0.119. The predicted molar refractivity (Wildman–Crippen MR) is 145 cm³/mol. The van der Waals surface area contributed by atoms with Crippen LogP contribution in [-0.4, -0.2) is 17.9 Å². The van der Waals surface area contributed by atoms with Gasteiger partial charge in [-0.05, 0) is 55.4 Å². The zero-order chi connectivity index (χ0) is 25.9. The molecule has 5 heteroatoms. The minimum absolute atomic E-state index is 0.262. The first-order valence-electron chi connectivity index (χ1n) is 13.0. The zero-order valence-corrected chi connectivity index (χ0v) is 21.4. The summed E-state index contributed by atoms with van der Waals surface area (Å²) in [6, 6.07) is 23.4. The Hall–Kier alpha value is -3.86. The van der Waals surface area contributed by atoms with E-state index in [1.807, 2.05) is 85.8 Å². The fraction of sp³-hybridized carbons (Fsp3) is 0.312. The lowest BCUT2D eigenvalue weighted by Gasteiger charge is -2.19. The third-order valence-electron chi connectivity index (χ3n) is 6.29. The van der Waals surface area contributed by atoms with Gasteiger partial charge in [0.2, 0.25) is 0 Å². The predicted octanol–water partition coefficient (Wildman–Crippen LogP) is 7.33. The molecule has 0 N–H and O–H groups in total. The molecule has 0 bridgehead atoms. The van der Waals surface area contributed by atoms with Crippen molar-refractivity contribution in [1.82, 2.24) is 0 Å². The monoisotopic (exact) mass is 498 g/mol. The Balaban J connectivity index is 1.68. The lowest BCUT2D eigenvalue weighted by atomic mass is 10.0. The van der Waals surface area contributed by atoms with Crippen molar-refractivity contribution < 1.29 is 23.8 Å². The second-order valence-electron chi connectivity index (χ2n) is 9.38. The van der Waals surface area contributed by atoms with Crippen molar-refractivity contribution in [3.63, 3.8) is 0 Å². The molecule has 4 rings (SSSR count). The fourth-order valence-electron chi connectivity index (χ4n) is 4.27. The molecule has 0 amide bonds. The van der Waals surface area contributed by atoms with E-state index >= 15 is 0 Å². The fourth-order valence-corrected chi connectivity index (χ4v) is 4.27. The summed E-state index contributed by atoms with van der Waals surface area (Å²) in [5, 5.41) is 0. The van der Waals surface area contributed by atoms with Gasteiger partial charge in [0, 0.05) is 18.9 Å². The van der Waals surface area contributed by atoms with E-state index in [-0.39, 0.29) is 11.9 Å². The SMILES string of the molecule is CC1CCCC(=O)CCCC=Cc2cc(OCc3ccccc3)cc(OCc3ccccc3)c2C(=O)O1. The van der Waals surface area contributed by atoms with Crippen LogP contribution in [0.25, 0.3) is 6.08 Å². The molecule has 0 saturated carbocycles. The Labute approximate surface area is 219 Å². The highest BCUT2D eigenvalue weighted by Crippen LogP contribution is 2.33. The van der Waals surface area contributed by atoms with Crippen LogP contribution in [0.4, 0.5) is 0 Å². The summed E-state index contributed by atoms with van der Waals surface area (Å²) in [4.78, 5) is 25.6. The minimum Gasteiger partial charge on any atom is -0.489 e. The second-order valence-corrected chi connectivity index (χ2v) is 9.38. The van der Waals surface area contributed by atoms with Crippen LogP contribution in [-0.2, 0) is 22.7 Å². The van der Waals surface area contributed by atoms with Crippen LogP contribution in [0.1, 0.15) is 72.5 Å². The smallest absolute Gasteiger partial charge is 0.342 e. The van der Waals surface area contributed by atoms with E-state index in [4.69, 9.17) is 14.2 Å². The van der Waals surface area contributed by atoms with E-state index in [0.717, 1.165) is 24.0 Å². The number of allylic oxidation sites excluding steroid dienone is 1. The van der Waals surface area contributed by atoms with Gasteiger partial charge in [-0.2, -0.15) is 0 Å². The van der Waals surface area contributed by atoms with Gasteiger partial charge in [-0.25, -0.2) is 4.79 Å². The van der Waals surface area contributed by atoms with Gasteiger partial charge in [-0.15, -0.1) is 0 Å². The van der Waals surface area contributed by atoms with Crippen molar-refractivity contribution in [1.29, 1.82) is 0 Å². The van der Waals surface area contributed by atoms with Gasteiger partial charge in [0.15, 0.2) is 0 Å². The van der Waals surface area contributed by atoms with E-state index in [1.54, 1.807) is 6.07 Å². The Morgan fingerprint density at radius 1 is 0.838 bits per heavy atom. The summed E-state index contributed by atoms with van der Waals surface area (Å²) in [5.74, 6) is 0.854. The first-order valence-corrected chi connectivity index (χ1v) is 13.0. The molecule has 0 spiro atoms. The number of ether oxygens (including phenoxy) is 3. The van der Waals surface area contributed by atoms with E-state index in [0.29, 0.717) is 61.5 Å². The summed E-state index contributed by atoms with van der Waals surface area (Å²) < 4.78 is 18.1. The quantitative estimate of drug-likeness (QED) is 0.333. The minimum atomic E-state index is -0.437. The summed E-state index contributed by atoms with van der Waals surface area (Å²) >= 11 is 0. The second kappa shape index (κ2) is 13.4. The van der Waals surface area contributed by atoms with Crippen molar-refractivity contribution in [2.45, 2.75) is 64.8 Å². The highest BCUT2D eigenvalue weighted by atomic mass is 16.5. The largest absolute Gasteiger partial charge is 0.489 e. The van der Waals surface area contributed by atoms with Gasteiger partial charge in [0.25, 0.3) is 0 Å². The Bertz CT molecular complexity index is 1200. The maximum Gasteiger partial charge on any atom is 0.342 e. The highest BCUT2D eigenvalue weighted by Gasteiger charge is 2.23. The molecule has 192 valence electrons. The molecule has 0 aliphatic carbocycles. The number of carbonyl (C=O) groups excluding carboxylic acids is 2. The molecule has 3 aromatic carbocycles. The van der Waals surface area contributed by atoms with E-state index in [2.05, 4.69) is 0 Å². The van der Waals surface area contributed by atoms with Crippen molar-refractivity contribution in [3.8, 4) is 11.5 Å². The average molecular weight is 499 g/mol. The van der Waals surface area contributed by atoms with Crippen molar-refractivity contribution in [2.24, 2.45) is 0 Å². The molecule has 1 aliphatic rings. The molecule has 0 aromatic heterocycles. The molecule has 3 aromatic rings. The summed E-state index contributed by atoms with van der Waals surface area (Å²) in [6.45, 7) is 2.57. The third-order valence-corrected chi connectivity index (χ3v) is 6.29. The zero-order valence-electron chi connectivity index (χ0n) is 21.4. The van der Waals surface area contributed by atoms with E-state index in [1.165, 1.54) is 0 Å². The van der Waals surface area contributed by atoms with E-state index < -0.39 is 5.97 Å². The topological polar surface area (TPSA) is 61.8 Å². The standard InChI is InChI=1S/C32H34O5/c1-24-12-11-19-28(33)18-10-4-9-17-27-20-29(35-22-25-13-5-2-6-14-25)21-30(31(27)32(34)37-24)36-23-26-15-7-3-8-16-26/h2-3,5-9,13-17,20-21,24H,4,10-12,18-19,22-23H2,1H3. The normalized spacial score (nSPS) is 16.8. The molecule has 5 nitrogen and oxygen atoms in total. The maximum absolute atomic E-state index is 13.4. The molecule has 0 saturated heterocycles.